The number of ether oxygens (including phenoxy) is 3. The maximum Gasteiger partial charge on any atom is 0.330 e. The van der Waals surface area contributed by atoms with Crippen LogP contribution in [-0.2, 0) is 14.3 Å². The fourth-order valence-electron chi connectivity index (χ4n) is 4.46. The summed E-state index contributed by atoms with van der Waals surface area (Å²) in [5.74, 6) is 1.17. The van der Waals surface area contributed by atoms with E-state index in [2.05, 4.69) is 43.8 Å². The van der Waals surface area contributed by atoms with Crippen LogP contribution in [0.25, 0.3) is 0 Å². The van der Waals surface area contributed by atoms with E-state index in [-0.39, 0.29) is 5.78 Å². The van der Waals surface area contributed by atoms with E-state index in [0.717, 1.165) is 54.5 Å². The van der Waals surface area contributed by atoms with E-state index in [4.69, 9.17) is 14.2 Å². The molecule has 51 heavy (non-hydrogen) atoms. The molecule has 0 saturated heterocycles. The number of hydrogen-bond donors (Lipinski definition) is 0. The molecular weight excluding hydrogens is 644 g/mol. The maximum absolute atomic E-state index is 11.3. The molecule has 11 nitrogen and oxygen atoms in total. The number of azo groups is 3. The number of hydrogen-bond acceptors (Lipinski definition) is 11. The van der Waals surface area contributed by atoms with Crippen LogP contribution in [0.4, 0.5) is 34.1 Å². The molecule has 0 fully saturated rings. The maximum atomic E-state index is 11.3. The topological polar surface area (TPSA) is 136 Å². The number of unbranched alkanes of at least 4 members (excludes halogenated alkanes) is 3. The minimum absolute atomic E-state index is 0.0839. The van der Waals surface area contributed by atoms with Crippen LogP contribution in [0.2, 0.25) is 0 Å². The van der Waals surface area contributed by atoms with Gasteiger partial charge < -0.3 is 14.2 Å². The Morgan fingerprint density at radius 1 is 0.549 bits per heavy atom. The predicted octanol–water partition coefficient (Wildman–Crippen LogP) is 11.8. The van der Waals surface area contributed by atoms with Crippen molar-refractivity contribution < 1.29 is 23.8 Å². The van der Waals surface area contributed by atoms with E-state index in [1.807, 2.05) is 97.9 Å². The van der Waals surface area contributed by atoms with Gasteiger partial charge in [-0.2, -0.15) is 30.7 Å². The van der Waals surface area contributed by atoms with Gasteiger partial charge in [0.15, 0.2) is 5.78 Å². The fourth-order valence-corrected chi connectivity index (χ4v) is 4.46. The number of carbonyl (C=O) groups is 2. The lowest BCUT2D eigenvalue weighted by atomic mass is 10.1. The molecule has 4 rings (SSSR count). The van der Waals surface area contributed by atoms with E-state index < -0.39 is 5.97 Å². The molecule has 0 spiro atoms. The van der Waals surface area contributed by atoms with Crippen molar-refractivity contribution in [2.75, 3.05) is 19.8 Å². The third kappa shape index (κ3) is 14.1. The molecule has 4 aromatic carbocycles. The zero-order valence-electron chi connectivity index (χ0n) is 28.8. The Morgan fingerprint density at radius 2 is 1.00 bits per heavy atom. The Bertz CT molecular complexity index is 1820. The summed E-state index contributed by atoms with van der Waals surface area (Å²) < 4.78 is 16.4. The van der Waals surface area contributed by atoms with Gasteiger partial charge in [-0.05, 0) is 142 Å². The van der Waals surface area contributed by atoms with E-state index in [1.165, 1.54) is 6.08 Å². The van der Waals surface area contributed by atoms with E-state index in [9.17, 15) is 9.59 Å². The van der Waals surface area contributed by atoms with Gasteiger partial charge in [-0.15, -0.1) is 0 Å². The minimum atomic E-state index is -0.414. The average molecular weight is 687 g/mol. The Morgan fingerprint density at radius 3 is 1.51 bits per heavy atom. The van der Waals surface area contributed by atoms with Gasteiger partial charge in [0.05, 0.1) is 53.9 Å². The molecule has 0 heterocycles. The number of rotatable bonds is 21. The van der Waals surface area contributed by atoms with Crippen LogP contribution in [0.1, 0.15) is 44.1 Å². The number of carbonyl (C=O) groups excluding carboxylic acids is 2. The number of aryl methyl sites for hydroxylation is 1. The van der Waals surface area contributed by atoms with Crippen LogP contribution in [0.15, 0.2) is 147 Å². The molecule has 0 bridgehead atoms. The molecule has 11 heteroatoms. The lowest BCUT2D eigenvalue weighted by molar-refractivity contribution is -0.137. The van der Waals surface area contributed by atoms with Crippen LogP contribution >= 0.6 is 0 Å². The van der Waals surface area contributed by atoms with Gasteiger partial charge >= 0.3 is 5.97 Å². The molecule has 0 radical (unpaired) electrons. The second-order valence-electron chi connectivity index (χ2n) is 11.3. The summed E-state index contributed by atoms with van der Waals surface area (Å²) in [6.07, 6.45) is 7.21. The van der Waals surface area contributed by atoms with Gasteiger partial charge in [-0.3, -0.25) is 4.79 Å². The summed E-state index contributed by atoms with van der Waals surface area (Å²) in [6, 6.07) is 27.7. The number of benzene rings is 4. The summed E-state index contributed by atoms with van der Waals surface area (Å²) in [5, 5.41) is 26.1. The molecule has 262 valence electrons. The Labute approximate surface area is 298 Å². The smallest absolute Gasteiger partial charge is 0.330 e. The molecule has 0 N–H and O–H groups in total. The largest absolute Gasteiger partial charge is 0.494 e. The molecule has 0 aromatic heterocycles. The molecule has 0 unspecified atom stereocenters. The molecule has 4 aromatic rings. The normalized spacial score (nSPS) is 11.2. The van der Waals surface area contributed by atoms with Gasteiger partial charge in [0, 0.05) is 12.5 Å². The van der Waals surface area contributed by atoms with E-state index in [0.29, 0.717) is 61.1 Å². The summed E-state index contributed by atoms with van der Waals surface area (Å²) >= 11 is 0. The van der Waals surface area contributed by atoms with Gasteiger partial charge in [0.1, 0.15) is 11.5 Å². The highest BCUT2D eigenvalue weighted by molar-refractivity contribution is 5.88. The average Bonchev–Trinajstić information content (AvgIpc) is 3.16. The molecule has 0 saturated carbocycles. The van der Waals surface area contributed by atoms with Gasteiger partial charge in [-0.1, -0.05) is 13.2 Å². The van der Waals surface area contributed by atoms with Crippen molar-refractivity contribution in [2.45, 2.75) is 45.4 Å². The lowest BCUT2D eigenvalue weighted by Crippen LogP contribution is -2.04. The summed E-state index contributed by atoms with van der Waals surface area (Å²) in [4.78, 5) is 22.3. The van der Waals surface area contributed by atoms with Crippen LogP contribution in [0, 0.1) is 6.92 Å². The second-order valence-corrected chi connectivity index (χ2v) is 11.3. The highest BCUT2D eigenvalue weighted by Crippen LogP contribution is 2.29. The van der Waals surface area contributed by atoms with Crippen LogP contribution in [-0.4, -0.2) is 31.6 Å². The van der Waals surface area contributed by atoms with Crippen LogP contribution in [0.5, 0.6) is 11.5 Å². The zero-order chi connectivity index (χ0) is 36.1. The quantitative estimate of drug-likeness (QED) is 0.0372. The monoisotopic (exact) mass is 686 g/mol. The van der Waals surface area contributed by atoms with Crippen molar-refractivity contribution in [1.82, 2.24) is 0 Å². The third-order valence-corrected chi connectivity index (χ3v) is 7.32. The molecule has 0 aliphatic heterocycles. The SMILES string of the molecule is C=CC(=O)CCCCCOc1ccc(N=Nc2ccc(N=Nc3ccc(N=Nc4ccc(OCCCCOC(=O)C=C)cc4)cc3C)cc2)cc1. The first kappa shape index (κ1) is 37.7. The lowest BCUT2D eigenvalue weighted by Gasteiger charge is -2.06. The first-order valence-electron chi connectivity index (χ1n) is 16.8. The minimum Gasteiger partial charge on any atom is -0.494 e. The van der Waals surface area contributed by atoms with Gasteiger partial charge in [0.2, 0.25) is 0 Å². The first-order chi connectivity index (χ1) is 24.9. The Kier molecular flexibility index (Phi) is 15.6. The first-order valence-corrected chi connectivity index (χ1v) is 16.8. The van der Waals surface area contributed by atoms with Crippen molar-refractivity contribution in [3.8, 4) is 11.5 Å². The summed E-state index contributed by atoms with van der Waals surface area (Å²) in [5.41, 5.74) is 5.13. The third-order valence-electron chi connectivity index (χ3n) is 7.32. The second kappa shape index (κ2) is 21.1. The van der Waals surface area contributed by atoms with Crippen LogP contribution < -0.4 is 9.47 Å². The van der Waals surface area contributed by atoms with Gasteiger partial charge in [0.25, 0.3) is 0 Å². The van der Waals surface area contributed by atoms with E-state index in [1.54, 1.807) is 0 Å². The molecule has 0 aliphatic carbocycles. The summed E-state index contributed by atoms with van der Waals surface area (Å²) in [7, 11) is 0. The fraction of sp³-hybridized carbons (Fsp3) is 0.250. The number of nitrogens with zero attached hydrogens (tertiary/aromatic N) is 6. The van der Waals surface area contributed by atoms with E-state index >= 15 is 0 Å². The molecule has 0 atom stereocenters. The number of esters is 1. The van der Waals surface area contributed by atoms with Crippen molar-refractivity contribution in [2.24, 2.45) is 30.7 Å². The van der Waals surface area contributed by atoms with Crippen molar-refractivity contribution in [1.29, 1.82) is 0 Å². The molecule has 0 amide bonds. The molecule has 0 aliphatic rings. The Balaban J connectivity index is 1.19. The van der Waals surface area contributed by atoms with Crippen LogP contribution in [0.3, 0.4) is 0 Å². The Hall–Kier alpha value is -6.10. The van der Waals surface area contributed by atoms with Gasteiger partial charge in [-0.25, -0.2) is 4.79 Å². The highest BCUT2D eigenvalue weighted by atomic mass is 16.5. The summed E-state index contributed by atoms with van der Waals surface area (Å²) in [6.45, 7) is 10.3. The highest BCUT2D eigenvalue weighted by Gasteiger charge is 2.02. The number of ketones is 1. The zero-order valence-corrected chi connectivity index (χ0v) is 28.8. The van der Waals surface area contributed by atoms with Crippen molar-refractivity contribution in [3.05, 3.63) is 122 Å². The van der Waals surface area contributed by atoms with Crippen molar-refractivity contribution in [3.63, 3.8) is 0 Å². The standard InChI is InChI=1S/C40H42N6O5/c1-4-36(47)11-7-6-8-26-49-37-21-16-33(17-22-37)42-41-31-12-14-32(15-13-31)44-46-39-25-20-35(29-30(39)3)45-43-34-18-23-38(24-19-34)50-27-9-10-28-51-40(48)5-2/h4-5,12-25,29H,1-2,6-11,26-28H2,3H3. The van der Waals surface area contributed by atoms with Crippen molar-refractivity contribution >= 4 is 45.9 Å². The number of allylic oxidation sites excluding steroid dienone is 1. The predicted molar refractivity (Wildman–Crippen MR) is 198 cm³/mol. The molecular formula is C40H42N6O5.